The van der Waals surface area contributed by atoms with Gasteiger partial charge in [-0.3, -0.25) is 19.8 Å². The van der Waals surface area contributed by atoms with Crippen molar-refractivity contribution in [3.05, 3.63) is 86.8 Å². The number of amides is 3. The van der Waals surface area contributed by atoms with Crippen molar-refractivity contribution in [3.63, 3.8) is 0 Å². The molecule has 0 bridgehead atoms. The number of unbranched alkanes of at least 4 members (excludes halogenated alkanes) is 4. The first-order valence-electron chi connectivity index (χ1n) is 18.6. The first kappa shape index (κ1) is 40.7. The summed E-state index contributed by atoms with van der Waals surface area (Å²) < 4.78 is 12.5. The molecule has 1 saturated heterocycles. The van der Waals surface area contributed by atoms with Gasteiger partial charge in [0.2, 0.25) is 0 Å². The number of nitrogens with zero attached hydrogens (tertiary/aromatic N) is 4. The average Bonchev–Trinajstić information content (AvgIpc) is 3.61. The van der Waals surface area contributed by atoms with Crippen molar-refractivity contribution in [1.82, 2.24) is 25.0 Å². The number of nitrogens with one attached hydrogen (secondary N) is 3. The van der Waals surface area contributed by atoms with Gasteiger partial charge in [-0.1, -0.05) is 60.7 Å². The number of aromatic nitrogens is 3. The smallest absolute Gasteiger partial charge is 0.325 e. The molecule has 0 spiro atoms. The highest BCUT2D eigenvalue weighted by molar-refractivity contribution is 6.36. The Bertz CT molecular complexity index is 1960. The van der Waals surface area contributed by atoms with Gasteiger partial charge in [0, 0.05) is 43.6 Å². The maximum Gasteiger partial charge on any atom is 0.325 e. The summed E-state index contributed by atoms with van der Waals surface area (Å²) in [5, 5.41) is 13.2. The van der Waals surface area contributed by atoms with E-state index in [2.05, 4.69) is 30.9 Å². The lowest BCUT2D eigenvalue weighted by Gasteiger charge is -2.23. The molecule has 3 N–H and O–H groups in total. The van der Waals surface area contributed by atoms with E-state index < -0.39 is 11.6 Å². The van der Waals surface area contributed by atoms with E-state index in [1.165, 1.54) is 55.2 Å². The number of hydrogen-bond acceptors (Lipinski definition) is 8. The highest BCUT2D eigenvalue weighted by Gasteiger charge is 2.23. The molecule has 1 fully saturated rings. The number of halogens is 2. The van der Waals surface area contributed by atoms with Crippen LogP contribution in [0.5, 0.6) is 5.75 Å². The highest BCUT2D eigenvalue weighted by Crippen LogP contribution is 2.30. The Morgan fingerprint density at radius 2 is 1.74 bits per heavy atom. The second-order valence-electron chi connectivity index (χ2n) is 13.2. The molecule has 2 aromatic carbocycles. The van der Waals surface area contributed by atoms with Gasteiger partial charge in [-0.2, -0.15) is 5.10 Å². The zero-order valence-electron chi connectivity index (χ0n) is 31.1. The van der Waals surface area contributed by atoms with Crippen LogP contribution in [0.15, 0.2) is 65.6 Å². The molecule has 3 amide bonds. The number of anilines is 2. The molecule has 1 atom stereocenters. The summed E-state index contributed by atoms with van der Waals surface area (Å²) in [6.07, 6.45) is 9.33. The third-order valence-corrected chi connectivity index (χ3v) is 9.79. The fourth-order valence-electron chi connectivity index (χ4n) is 6.60. The summed E-state index contributed by atoms with van der Waals surface area (Å²) in [7, 11) is 1.78. The molecule has 4 aromatic rings. The second kappa shape index (κ2) is 20.3. The molecule has 0 saturated carbocycles. The van der Waals surface area contributed by atoms with Crippen molar-refractivity contribution in [2.24, 2.45) is 0 Å². The third kappa shape index (κ3) is 11.3. The molecule has 12 nitrogen and oxygen atoms in total. The van der Waals surface area contributed by atoms with Crippen molar-refractivity contribution < 1.29 is 19.1 Å². The molecule has 1 aliphatic rings. The lowest BCUT2D eigenvalue weighted by atomic mass is 9.99. The SMILES string of the molecule is CCOc1cc(C(=O)NCCCCCCCN2CCC[C@@H]2COC)cc(-c2cccc(-c3cc(NC(=O)Nc4ncc(Cl)cc4Cl)c(=O)n(CC)n3)c2)c1. The van der Waals surface area contributed by atoms with Crippen LogP contribution in [-0.2, 0) is 11.3 Å². The molecule has 0 radical (unpaired) electrons. The van der Waals surface area contributed by atoms with E-state index in [4.69, 9.17) is 32.7 Å². The lowest BCUT2D eigenvalue weighted by Crippen LogP contribution is -2.33. The molecule has 3 heterocycles. The number of benzene rings is 2. The molecule has 5 rings (SSSR count). The Labute approximate surface area is 326 Å². The fraction of sp³-hybridized carbons (Fsp3) is 0.425. The van der Waals surface area contributed by atoms with Crippen LogP contribution in [0.3, 0.4) is 0 Å². The minimum atomic E-state index is -0.708. The number of urea groups is 1. The molecule has 2 aromatic heterocycles. The largest absolute Gasteiger partial charge is 0.494 e. The summed E-state index contributed by atoms with van der Waals surface area (Å²) in [4.78, 5) is 45.9. The molecule has 0 unspecified atom stereocenters. The maximum atomic E-state index is 13.3. The summed E-state index contributed by atoms with van der Waals surface area (Å²) in [5.74, 6) is 0.518. The molecule has 54 heavy (non-hydrogen) atoms. The number of pyridine rings is 1. The van der Waals surface area contributed by atoms with Crippen molar-refractivity contribution in [2.45, 2.75) is 71.4 Å². The minimum Gasteiger partial charge on any atom is -0.494 e. The molecule has 0 aliphatic carbocycles. The summed E-state index contributed by atoms with van der Waals surface area (Å²) >= 11 is 12.1. The van der Waals surface area contributed by atoms with Crippen LogP contribution in [0, 0.1) is 0 Å². The number of hydrogen-bond donors (Lipinski definition) is 3. The summed E-state index contributed by atoms with van der Waals surface area (Å²) in [6, 6.07) is 15.9. The molecular weight excluding hydrogens is 729 g/mol. The van der Waals surface area contributed by atoms with E-state index in [1.54, 1.807) is 20.1 Å². The molecule has 14 heteroatoms. The highest BCUT2D eigenvalue weighted by atomic mass is 35.5. The number of rotatable bonds is 18. The van der Waals surface area contributed by atoms with Gasteiger partial charge in [-0.05, 0) is 100 Å². The van der Waals surface area contributed by atoms with E-state index in [-0.39, 0.29) is 29.0 Å². The minimum absolute atomic E-state index is 0.0188. The molecule has 288 valence electrons. The van der Waals surface area contributed by atoms with Crippen molar-refractivity contribution in [2.75, 3.05) is 50.6 Å². The van der Waals surface area contributed by atoms with Crippen LogP contribution in [-0.4, -0.2) is 77.6 Å². The van der Waals surface area contributed by atoms with Crippen LogP contribution in [0.4, 0.5) is 16.3 Å². The standard InChI is InChI=1S/C40H49Cl2N7O5/c1-4-49-39(51)36(45-40(52)46-37-34(42)23-31(41)25-44-37)24-35(47-49)28-14-11-13-27(19-28)29-20-30(22-33(21-29)54-5-2)38(50)43-16-9-7-6-8-10-17-48-18-12-15-32(48)26-53-3/h11,13-14,19-25,32H,4-10,12,15-18,26H2,1-3H3,(H,43,50)(H2,44,45,46,52)/t32-/m1/s1. The lowest BCUT2D eigenvalue weighted by molar-refractivity contribution is 0.0952. The molecular formula is C40H49Cl2N7O5. The predicted molar refractivity (Wildman–Crippen MR) is 215 cm³/mol. The number of carbonyl (C=O) groups is 2. The summed E-state index contributed by atoms with van der Waals surface area (Å²) in [5.41, 5.74) is 2.81. The summed E-state index contributed by atoms with van der Waals surface area (Å²) in [6.45, 7) is 8.13. The Balaban J connectivity index is 1.23. The van der Waals surface area contributed by atoms with E-state index in [1.807, 2.05) is 43.3 Å². The normalized spacial score (nSPS) is 14.2. The predicted octanol–water partition coefficient (Wildman–Crippen LogP) is 8.13. The zero-order valence-corrected chi connectivity index (χ0v) is 32.6. The van der Waals surface area contributed by atoms with Gasteiger partial charge in [0.15, 0.2) is 5.82 Å². The van der Waals surface area contributed by atoms with Crippen LogP contribution in [0.2, 0.25) is 10.0 Å². The van der Waals surface area contributed by atoms with Crippen LogP contribution in [0.1, 0.15) is 69.2 Å². The quantitative estimate of drug-likeness (QED) is 0.0861. The Hall–Kier alpha value is -4.49. The number of likely N-dealkylation sites (tertiary alicyclic amines) is 1. The Kier molecular flexibility index (Phi) is 15.3. The first-order valence-corrected chi connectivity index (χ1v) is 19.4. The van der Waals surface area contributed by atoms with E-state index in [0.717, 1.165) is 43.5 Å². The number of ether oxygens (including phenoxy) is 2. The van der Waals surface area contributed by atoms with Crippen molar-refractivity contribution >= 4 is 46.6 Å². The van der Waals surface area contributed by atoms with Crippen LogP contribution >= 0.6 is 23.2 Å². The van der Waals surface area contributed by atoms with Crippen LogP contribution < -0.4 is 26.2 Å². The topological polar surface area (TPSA) is 140 Å². The second-order valence-corrected chi connectivity index (χ2v) is 14.0. The van der Waals surface area contributed by atoms with E-state index >= 15 is 0 Å². The Morgan fingerprint density at radius 3 is 2.52 bits per heavy atom. The third-order valence-electron chi connectivity index (χ3n) is 9.30. The van der Waals surface area contributed by atoms with E-state index in [0.29, 0.717) is 46.8 Å². The van der Waals surface area contributed by atoms with Gasteiger partial charge >= 0.3 is 6.03 Å². The average molecular weight is 779 g/mol. The van der Waals surface area contributed by atoms with Crippen LogP contribution in [0.25, 0.3) is 22.4 Å². The number of carbonyl (C=O) groups excluding carboxylic acids is 2. The molecule has 1 aliphatic heterocycles. The first-order chi connectivity index (χ1) is 26.2. The van der Waals surface area contributed by atoms with Gasteiger partial charge in [0.05, 0.1) is 29.0 Å². The van der Waals surface area contributed by atoms with Gasteiger partial charge in [0.25, 0.3) is 11.5 Å². The Morgan fingerprint density at radius 1 is 0.944 bits per heavy atom. The van der Waals surface area contributed by atoms with E-state index in [9.17, 15) is 14.4 Å². The number of methoxy groups -OCH3 is 1. The van der Waals surface area contributed by atoms with Gasteiger partial charge < -0.3 is 20.1 Å². The van der Waals surface area contributed by atoms with Gasteiger partial charge in [0.1, 0.15) is 11.4 Å². The zero-order chi connectivity index (χ0) is 38.5. The maximum absolute atomic E-state index is 13.3. The van der Waals surface area contributed by atoms with Gasteiger partial charge in [-0.25, -0.2) is 14.5 Å². The van der Waals surface area contributed by atoms with Crippen molar-refractivity contribution in [3.8, 4) is 28.1 Å². The van der Waals surface area contributed by atoms with Gasteiger partial charge in [-0.15, -0.1) is 0 Å². The number of aryl methyl sites for hydroxylation is 1. The monoisotopic (exact) mass is 777 g/mol. The fourth-order valence-corrected chi connectivity index (χ4v) is 7.03. The van der Waals surface area contributed by atoms with Crippen molar-refractivity contribution in [1.29, 1.82) is 0 Å².